The second kappa shape index (κ2) is 55.2. The van der Waals surface area contributed by atoms with E-state index >= 15 is 0 Å². The highest BCUT2D eigenvalue weighted by molar-refractivity contribution is 5.71. The number of carbonyl (C=O) groups is 3. The number of hydrogen-bond donors (Lipinski definition) is 0. The molecule has 0 saturated heterocycles. The molecule has 0 aliphatic rings. The molecule has 0 rings (SSSR count). The summed E-state index contributed by atoms with van der Waals surface area (Å²) in [5.41, 5.74) is 0. The van der Waals surface area contributed by atoms with Crippen LogP contribution in [0.15, 0.2) is 36.5 Å². The van der Waals surface area contributed by atoms with Crippen LogP contribution in [0.5, 0.6) is 0 Å². The Morgan fingerprint density at radius 3 is 0.848 bits per heavy atom. The van der Waals surface area contributed by atoms with E-state index in [-0.39, 0.29) is 31.1 Å². The molecule has 6 heteroatoms. The zero-order valence-electron chi connectivity index (χ0n) is 44.2. The van der Waals surface area contributed by atoms with Crippen molar-refractivity contribution in [3.63, 3.8) is 0 Å². The highest BCUT2D eigenvalue weighted by Gasteiger charge is 2.19. The molecule has 0 aliphatic carbocycles. The van der Waals surface area contributed by atoms with Crippen molar-refractivity contribution >= 4 is 17.9 Å². The number of unbranched alkanes of at least 4 members (excludes halogenated alkanes) is 36. The molecule has 386 valence electrons. The summed E-state index contributed by atoms with van der Waals surface area (Å²) in [4.78, 5) is 38.1. The smallest absolute Gasteiger partial charge is 0.306 e. The first-order valence-corrected chi connectivity index (χ1v) is 29.0. The van der Waals surface area contributed by atoms with Crippen LogP contribution in [0.4, 0.5) is 0 Å². The maximum Gasteiger partial charge on any atom is 0.306 e. The lowest BCUT2D eigenvalue weighted by Crippen LogP contribution is -2.30. The largest absolute Gasteiger partial charge is 0.462 e. The van der Waals surface area contributed by atoms with E-state index in [1.807, 2.05) is 0 Å². The van der Waals surface area contributed by atoms with Gasteiger partial charge in [0.2, 0.25) is 0 Å². The molecule has 0 aromatic carbocycles. The van der Waals surface area contributed by atoms with E-state index in [9.17, 15) is 14.4 Å². The van der Waals surface area contributed by atoms with Gasteiger partial charge in [-0.3, -0.25) is 14.4 Å². The normalized spacial score (nSPS) is 12.2. The van der Waals surface area contributed by atoms with Gasteiger partial charge in [0.1, 0.15) is 13.2 Å². The molecular weight excluding hydrogens is 817 g/mol. The van der Waals surface area contributed by atoms with E-state index in [2.05, 4.69) is 57.2 Å². The second-order valence-corrected chi connectivity index (χ2v) is 19.6. The van der Waals surface area contributed by atoms with Crippen LogP contribution < -0.4 is 0 Å². The molecule has 6 nitrogen and oxygen atoms in total. The van der Waals surface area contributed by atoms with Crippen molar-refractivity contribution in [1.82, 2.24) is 0 Å². The Kier molecular flexibility index (Phi) is 53.2. The van der Waals surface area contributed by atoms with Crippen LogP contribution in [0.2, 0.25) is 0 Å². The Morgan fingerprint density at radius 1 is 0.303 bits per heavy atom. The number of carbonyl (C=O) groups excluding carboxylic acids is 3. The number of hydrogen-bond acceptors (Lipinski definition) is 6. The molecule has 0 aromatic rings. The molecule has 1 atom stereocenters. The number of ether oxygens (including phenoxy) is 3. The fourth-order valence-electron chi connectivity index (χ4n) is 8.51. The minimum Gasteiger partial charge on any atom is -0.462 e. The lowest BCUT2D eigenvalue weighted by atomic mass is 10.0. The minimum atomic E-state index is -0.770. The summed E-state index contributed by atoms with van der Waals surface area (Å²) in [5.74, 6) is -0.860. The first kappa shape index (κ1) is 63.6. The van der Waals surface area contributed by atoms with E-state index in [1.165, 1.54) is 193 Å². The second-order valence-electron chi connectivity index (χ2n) is 19.6. The molecular formula is C60H110O6. The summed E-state index contributed by atoms with van der Waals surface area (Å²) in [7, 11) is 0. The maximum absolute atomic E-state index is 12.8. The van der Waals surface area contributed by atoms with Gasteiger partial charge >= 0.3 is 17.9 Å². The number of rotatable bonds is 53. The summed E-state index contributed by atoms with van der Waals surface area (Å²) in [6.45, 7) is 6.65. The van der Waals surface area contributed by atoms with E-state index in [1.54, 1.807) is 0 Å². The predicted molar refractivity (Wildman–Crippen MR) is 284 cm³/mol. The standard InChI is InChI=1S/C60H110O6/c1-4-7-10-13-16-19-22-25-26-27-28-29-30-31-32-33-34-36-38-41-44-47-50-53-59(62)65-56-57(55-64-58(61)52-49-46-43-40-37-24-21-18-15-12-9-6-3)66-60(63)54-51-48-45-42-39-35-23-20-17-14-11-8-5-2/h22,25,27-28,30-31,57H,4-21,23-24,26,29,32-56H2,1-3H3/b25-22-,28-27-,31-30-. The molecule has 0 aromatic heterocycles. The van der Waals surface area contributed by atoms with Crippen molar-refractivity contribution in [1.29, 1.82) is 0 Å². The molecule has 1 unspecified atom stereocenters. The third kappa shape index (κ3) is 52.6. The third-order valence-electron chi connectivity index (χ3n) is 12.9. The van der Waals surface area contributed by atoms with Gasteiger partial charge in [0.25, 0.3) is 0 Å². The van der Waals surface area contributed by atoms with Gasteiger partial charge in [-0.1, -0.05) is 269 Å². The topological polar surface area (TPSA) is 78.9 Å². The predicted octanol–water partition coefficient (Wildman–Crippen LogP) is 19.3. The fourth-order valence-corrected chi connectivity index (χ4v) is 8.51. The van der Waals surface area contributed by atoms with E-state index < -0.39 is 6.10 Å². The fraction of sp³-hybridized carbons (Fsp3) is 0.850. The van der Waals surface area contributed by atoms with Gasteiger partial charge < -0.3 is 14.2 Å². The summed E-state index contributed by atoms with van der Waals surface area (Å²) in [5, 5.41) is 0. The highest BCUT2D eigenvalue weighted by Crippen LogP contribution is 2.16. The van der Waals surface area contributed by atoms with Crippen molar-refractivity contribution in [3.8, 4) is 0 Å². The van der Waals surface area contributed by atoms with Crippen molar-refractivity contribution in [2.75, 3.05) is 13.2 Å². The molecule has 0 heterocycles. The Balaban J connectivity index is 4.27. The molecule has 0 saturated carbocycles. The van der Waals surface area contributed by atoms with Gasteiger partial charge in [0.15, 0.2) is 6.10 Å². The zero-order chi connectivity index (χ0) is 47.9. The third-order valence-corrected chi connectivity index (χ3v) is 12.9. The van der Waals surface area contributed by atoms with Gasteiger partial charge in [0, 0.05) is 19.3 Å². The lowest BCUT2D eigenvalue weighted by molar-refractivity contribution is -0.167. The number of allylic oxidation sites excluding steroid dienone is 6. The maximum atomic E-state index is 12.8. The van der Waals surface area contributed by atoms with Crippen LogP contribution in [0.3, 0.4) is 0 Å². The van der Waals surface area contributed by atoms with Crippen LogP contribution >= 0.6 is 0 Å². The summed E-state index contributed by atoms with van der Waals surface area (Å²) < 4.78 is 16.9. The van der Waals surface area contributed by atoms with Crippen molar-refractivity contribution in [3.05, 3.63) is 36.5 Å². The highest BCUT2D eigenvalue weighted by atomic mass is 16.6. The van der Waals surface area contributed by atoms with Gasteiger partial charge in [-0.05, 0) is 57.8 Å². The monoisotopic (exact) mass is 927 g/mol. The Morgan fingerprint density at radius 2 is 0.545 bits per heavy atom. The van der Waals surface area contributed by atoms with Crippen LogP contribution in [0.1, 0.15) is 310 Å². The van der Waals surface area contributed by atoms with E-state index in [0.717, 1.165) is 77.0 Å². The van der Waals surface area contributed by atoms with Gasteiger partial charge in [0.05, 0.1) is 0 Å². The van der Waals surface area contributed by atoms with E-state index in [0.29, 0.717) is 19.3 Å². The Labute approximate surface area is 410 Å². The molecule has 0 radical (unpaired) electrons. The van der Waals surface area contributed by atoms with Crippen molar-refractivity contribution in [2.24, 2.45) is 0 Å². The lowest BCUT2D eigenvalue weighted by Gasteiger charge is -2.18. The molecule has 0 fully saturated rings. The number of esters is 3. The van der Waals surface area contributed by atoms with Crippen molar-refractivity contribution < 1.29 is 28.6 Å². The summed E-state index contributed by atoms with van der Waals surface area (Å²) >= 11 is 0. The van der Waals surface area contributed by atoms with Crippen LogP contribution in [-0.4, -0.2) is 37.2 Å². The average Bonchev–Trinajstić information content (AvgIpc) is 3.31. The first-order chi connectivity index (χ1) is 32.5. The van der Waals surface area contributed by atoms with Gasteiger partial charge in [-0.25, -0.2) is 0 Å². The molecule has 0 N–H and O–H groups in total. The minimum absolute atomic E-state index is 0.0697. The van der Waals surface area contributed by atoms with E-state index in [4.69, 9.17) is 14.2 Å². The molecule has 0 amide bonds. The first-order valence-electron chi connectivity index (χ1n) is 29.0. The molecule has 0 spiro atoms. The zero-order valence-corrected chi connectivity index (χ0v) is 44.2. The molecule has 0 bridgehead atoms. The van der Waals surface area contributed by atoms with Crippen LogP contribution in [-0.2, 0) is 28.6 Å². The van der Waals surface area contributed by atoms with Gasteiger partial charge in [-0.15, -0.1) is 0 Å². The van der Waals surface area contributed by atoms with Crippen LogP contribution in [0.25, 0.3) is 0 Å². The molecule has 0 aliphatic heterocycles. The Bertz CT molecular complexity index is 1110. The quantitative estimate of drug-likeness (QED) is 0.0262. The SMILES string of the molecule is CCCCCCC/C=C\C/C=C\C/C=C\CCCCCCCCCCC(=O)OCC(COC(=O)CCCCCCCCCCCCCC)OC(=O)CCCCCCCCCCCCCCC. The average molecular weight is 928 g/mol. The van der Waals surface area contributed by atoms with Crippen LogP contribution in [0, 0.1) is 0 Å². The molecule has 66 heavy (non-hydrogen) atoms. The summed E-state index contributed by atoms with van der Waals surface area (Å²) in [6, 6.07) is 0. The Hall–Kier alpha value is -2.37. The van der Waals surface area contributed by atoms with Crippen molar-refractivity contribution in [2.45, 2.75) is 316 Å². The summed E-state index contributed by atoms with van der Waals surface area (Å²) in [6.07, 6.45) is 65.6. The van der Waals surface area contributed by atoms with Gasteiger partial charge in [-0.2, -0.15) is 0 Å².